The summed E-state index contributed by atoms with van der Waals surface area (Å²) in [7, 11) is 0. The van der Waals surface area contributed by atoms with Crippen molar-refractivity contribution in [2.45, 2.75) is 33.4 Å². The number of amides is 1. The van der Waals surface area contributed by atoms with Gasteiger partial charge in [0, 0.05) is 30.2 Å². The molecule has 0 saturated carbocycles. The summed E-state index contributed by atoms with van der Waals surface area (Å²) >= 11 is 18.2. The highest BCUT2D eigenvalue weighted by Gasteiger charge is 2.18. The second-order valence-corrected chi connectivity index (χ2v) is 5.63. The molecule has 20 heavy (non-hydrogen) atoms. The molecular weight excluding hydrogens is 319 g/mol. The van der Waals surface area contributed by atoms with Crippen LogP contribution in [0, 0.1) is 0 Å². The largest absolute Gasteiger partial charge is 0.342 e. The van der Waals surface area contributed by atoms with Gasteiger partial charge in [0.2, 0.25) is 5.91 Å². The molecule has 6 heteroatoms. The Kier molecular flexibility index (Phi) is 7.10. The zero-order valence-corrected chi connectivity index (χ0v) is 14.1. The fourth-order valence-corrected chi connectivity index (χ4v) is 2.56. The van der Waals surface area contributed by atoms with E-state index >= 15 is 0 Å². The normalized spacial score (nSPS) is 12.3. The van der Waals surface area contributed by atoms with E-state index < -0.39 is 0 Å². The Hall–Kier alpha value is -0.480. The van der Waals surface area contributed by atoms with Crippen LogP contribution in [0.2, 0.25) is 15.1 Å². The number of benzene rings is 1. The first-order chi connectivity index (χ1) is 9.42. The molecule has 0 saturated heterocycles. The smallest absolute Gasteiger partial charge is 0.239 e. The predicted octanol–water partition coefficient (Wildman–Crippen LogP) is 3.99. The summed E-state index contributed by atoms with van der Waals surface area (Å²) in [5, 5.41) is 4.55. The average molecular weight is 338 g/mol. The summed E-state index contributed by atoms with van der Waals surface area (Å²) in [6.45, 7) is 7.52. The van der Waals surface area contributed by atoms with Gasteiger partial charge in [-0.05, 0) is 32.9 Å². The van der Waals surface area contributed by atoms with Crippen molar-refractivity contribution in [3.05, 3.63) is 32.8 Å². The van der Waals surface area contributed by atoms with Crippen LogP contribution in [-0.2, 0) is 11.3 Å². The summed E-state index contributed by atoms with van der Waals surface area (Å²) in [5.41, 5.74) is 0.708. The van der Waals surface area contributed by atoms with E-state index in [9.17, 15) is 4.79 Å². The summed E-state index contributed by atoms with van der Waals surface area (Å²) in [6.07, 6.45) is 0. The minimum atomic E-state index is -0.305. The van der Waals surface area contributed by atoms with Gasteiger partial charge in [0.15, 0.2) is 0 Å². The fraction of sp³-hybridized carbons (Fsp3) is 0.500. The number of hydrogen-bond acceptors (Lipinski definition) is 2. The molecule has 3 nitrogen and oxygen atoms in total. The average Bonchev–Trinajstić information content (AvgIpc) is 2.44. The summed E-state index contributed by atoms with van der Waals surface area (Å²) in [5.74, 6) is 0.0595. The zero-order chi connectivity index (χ0) is 15.3. The molecule has 0 aliphatic heterocycles. The van der Waals surface area contributed by atoms with E-state index in [1.807, 2.05) is 20.8 Å². The van der Waals surface area contributed by atoms with Gasteiger partial charge in [0.25, 0.3) is 0 Å². The lowest BCUT2D eigenvalue weighted by molar-refractivity contribution is -0.132. The highest BCUT2D eigenvalue weighted by Crippen LogP contribution is 2.31. The van der Waals surface area contributed by atoms with Crippen molar-refractivity contribution in [2.24, 2.45) is 0 Å². The third-order valence-electron chi connectivity index (χ3n) is 3.17. The summed E-state index contributed by atoms with van der Waals surface area (Å²) in [4.78, 5) is 13.9. The third kappa shape index (κ3) is 4.26. The minimum absolute atomic E-state index is 0.0595. The van der Waals surface area contributed by atoms with E-state index in [4.69, 9.17) is 34.8 Å². The molecule has 0 aromatic heterocycles. The first-order valence-corrected chi connectivity index (χ1v) is 7.70. The van der Waals surface area contributed by atoms with Crippen molar-refractivity contribution in [3.8, 4) is 0 Å². The molecule has 0 aliphatic rings. The number of hydrogen-bond donors (Lipinski definition) is 1. The Labute approximate surface area is 135 Å². The molecule has 0 radical (unpaired) electrons. The lowest BCUT2D eigenvalue weighted by Crippen LogP contribution is -2.44. The maximum Gasteiger partial charge on any atom is 0.239 e. The molecule has 112 valence electrons. The van der Waals surface area contributed by atoms with Crippen LogP contribution < -0.4 is 5.32 Å². The van der Waals surface area contributed by atoms with Crippen molar-refractivity contribution in [2.75, 3.05) is 13.1 Å². The van der Waals surface area contributed by atoms with E-state index in [1.54, 1.807) is 17.0 Å². The number of carbonyl (C=O) groups is 1. The highest BCUT2D eigenvalue weighted by molar-refractivity contribution is 6.44. The monoisotopic (exact) mass is 336 g/mol. The van der Waals surface area contributed by atoms with E-state index in [0.29, 0.717) is 40.3 Å². The van der Waals surface area contributed by atoms with Crippen LogP contribution in [0.1, 0.15) is 26.3 Å². The predicted molar refractivity (Wildman–Crippen MR) is 85.7 cm³/mol. The van der Waals surface area contributed by atoms with Gasteiger partial charge in [-0.1, -0.05) is 34.8 Å². The maximum atomic E-state index is 12.1. The molecule has 1 unspecified atom stereocenters. The Balaban J connectivity index is 2.73. The SMILES string of the molecule is CCN(CC)C(=O)C(C)NCc1c(Cl)ccc(Cl)c1Cl. The molecule has 0 bridgehead atoms. The topological polar surface area (TPSA) is 32.3 Å². The zero-order valence-electron chi connectivity index (χ0n) is 11.8. The molecule has 0 heterocycles. The fourth-order valence-electron chi connectivity index (χ4n) is 1.88. The molecular formula is C14H19Cl3N2O. The number of rotatable bonds is 6. The van der Waals surface area contributed by atoms with Crippen molar-refractivity contribution in [3.63, 3.8) is 0 Å². The molecule has 1 rings (SSSR count). The molecule has 1 atom stereocenters. The van der Waals surface area contributed by atoms with Crippen molar-refractivity contribution in [1.82, 2.24) is 10.2 Å². The van der Waals surface area contributed by atoms with Gasteiger partial charge in [-0.3, -0.25) is 4.79 Å². The maximum absolute atomic E-state index is 12.1. The molecule has 1 N–H and O–H groups in total. The quantitative estimate of drug-likeness (QED) is 0.796. The minimum Gasteiger partial charge on any atom is -0.342 e. The Morgan fingerprint density at radius 2 is 1.75 bits per heavy atom. The van der Waals surface area contributed by atoms with Gasteiger partial charge in [0.05, 0.1) is 16.1 Å². The number of likely N-dealkylation sites (N-methyl/N-ethyl adjacent to an activating group) is 1. The van der Waals surface area contributed by atoms with Gasteiger partial charge >= 0.3 is 0 Å². The van der Waals surface area contributed by atoms with Gasteiger partial charge in [-0.25, -0.2) is 0 Å². The second-order valence-electron chi connectivity index (χ2n) is 4.43. The van der Waals surface area contributed by atoms with Gasteiger partial charge < -0.3 is 10.2 Å². The first-order valence-electron chi connectivity index (χ1n) is 6.56. The van der Waals surface area contributed by atoms with Crippen LogP contribution in [0.5, 0.6) is 0 Å². The number of nitrogens with zero attached hydrogens (tertiary/aromatic N) is 1. The van der Waals surface area contributed by atoms with Crippen molar-refractivity contribution in [1.29, 1.82) is 0 Å². The molecule has 1 amide bonds. The number of halogens is 3. The van der Waals surface area contributed by atoms with Crippen LogP contribution in [0.4, 0.5) is 0 Å². The third-order valence-corrected chi connectivity index (χ3v) is 4.37. The van der Waals surface area contributed by atoms with Gasteiger partial charge in [0.1, 0.15) is 0 Å². The Morgan fingerprint density at radius 3 is 2.30 bits per heavy atom. The van der Waals surface area contributed by atoms with Gasteiger partial charge in [-0.2, -0.15) is 0 Å². The number of nitrogens with one attached hydrogen (secondary N) is 1. The Bertz CT molecular complexity index is 476. The van der Waals surface area contributed by atoms with E-state index in [-0.39, 0.29) is 11.9 Å². The van der Waals surface area contributed by atoms with Crippen LogP contribution >= 0.6 is 34.8 Å². The van der Waals surface area contributed by atoms with Crippen molar-refractivity contribution < 1.29 is 4.79 Å². The van der Waals surface area contributed by atoms with E-state index in [1.165, 1.54) is 0 Å². The van der Waals surface area contributed by atoms with Crippen LogP contribution in [-0.4, -0.2) is 29.9 Å². The van der Waals surface area contributed by atoms with Crippen LogP contribution in [0.15, 0.2) is 12.1 Å². The second kappa shape index (κ2) is 8.08. The van der Waals surface area contributed by atoms with Crippen LogP contribution in [0.25, 0.3) is 0 Å². The molecule has 0 spiro atoms. The lowest BCUT2D eigenvalue weighted by atomic mass is 10.2. The molecule has 1 aromatic rings. The Morgan fingerprint density at radius 1 is 1.20 bits per heavy atom. The standard InChI is InChI=1S/C14H19Cl3N2O/c1-4-19(5-2)14(20)9(3)18-8-10-11(15)6-7-12(16)13(10)17/h6-7,9,18H,4-5,8H2,1-3H3. The molecule has 1 aromatic carbocycles. The van der Waals surface area contributed by atoms with E-state index in [0.717, 1.165) is 0 Å². The summed E-state index contributed by atoms with van der Waals surface area (Å²) in [6, 6.07) is 3.05. The first kappa shape index (κ1) is 17.6. The summed E-state index contributed by atoms with van der Waals surface area (Å²) < 4.78 is 0. The van der Waals surface area contributed by atoms with E-state index in [2.05, 4.69) is 5.32 Å². The number of carbonyl (C=O) groups excluding carboxylic acids is 1. The molecule has 0 fully saturated rings. The lowest BCUT2D eigenvalue weighted by Gasteiger charge is -2.23. The van der Waals surface area contributed by atoms with Crippen LogP contribution in [0.3, 0.4) is 0 Å². The van der Waals surface area contributed by atoms with Gasteiger partial charge in [-0.15, -0.1) is 0 Å². The molecule has 0 aliphatic carbocycles. The highest BCUT2D eigenvalue weighted by atomic mass is 35.5. The van der Waals surface area contributed by atoms with Crippen molar-refractivity contribution >= 4 is 40.7 Å².